The molecule has 1 aliphatic heterocycles. The molecule has 0 aromatic heterocycles. The Morgan fingerprint density at radius 3 is 2.42 bits per heavy atom. The molecule has 3 rings (SSSR count). The fourth-order valence-corrected chi connectivity index (χ4v) is 3.14. The van der Waals surface area contributed by atoms with Crippen molar-refractivity contribution in [3.05, 3.63) is 54.1 Å². The SMILES string of the molecule is COc1ccccc1CC(=O)N(C)c1ccc(N2CCCC2)cc1. The molecule has 0 spiro atoms. The van der Waals surface area contributed by atoms with Crippen molar-refractivity contribution in [2.75, 3.05) is 37.0 Å². The van der Waals surface area contributed by atoms with Gasteiger partial charge in [-0.05, 0) is 43.2 Å². The summed E-state index contributed by atoms with van der Waals surface area (Å²) in [5, 5.41) is 0. The summed E-state index contributed by atoms with van der Waals surface area (Å²) in [7, 11) is 3.45. The van der Waals surface area contributed by atoms with E-state index in [2.05, 4.69) is 17.0 Å². The maximum atomic E-state index is 12.6. The fraction of sp³-hybridized carbons (Fsp3) is 0.350. The Morgan fingerprint density at radius 1 is 1.08 bits per heavy atom. The second-order valence-corrected chi connectivity index (χ2v) is 6.15. The van der Waals surface area contributed by atoms with Gasteiger partial charge >= 0.3 is 0 Å². The Labute approximate surface area is 143 Å². The van der Waals surface area contributed by atoms with Gasteiger partial charge in [-0.15, -0.1) is 0 Å². The van der Waals surface area contributed by atoms with Gasteiger partial charge < -0.3 is 14.5 Å². The van der Waals surface area contributed by atoms with Crippen LogP contribution in [0.4, 0.5) is 11.4 Å². The highest BCUT2D eigenvalue weighted by molar-refractivity contribution is 5.94. The number of anilines is 2. The number of carbonyl (C=O) groups is 1. The second-order valence-electron chi connectivity index (χ2n) is 6.15. The summed E-state index contributed by atoms with van der Waals surface area (Å²) in [6, 6.07) is 15.9. The van der Waals surface area contributed by atoms with Crippen molar-refractivity contribution in [1.82, 2.24) is 0 Å². The zero-order valence-corrected chi connectivity index (χ0v) is 14.4. The van der Waals surface area contributed by atoms with Crippen LogP contribution in [-0.2, 0) is 11.2 Å². The average molecular weight is 324 g/mol. The lowest BCUT2D eigenvalue weighted by molar-refractivity contribution is -0.117. The van der Waals surface area contributed by atoms with Crippen LogP contribution >= 0.6 is 0 Å². The van der Waals surface area contributed by atoms with Gasteiger partial charge in [-0.2, -0.15) is 0 Å². The molecule has 1 aliphatic rings. The highest BCUT2D eigenvalue weighted by Crippen LogP contribution is 2.24. The summed E-state index contributed by atoms with van der Waals surface area (Å²) in [5.74, 6) is 0.803. The van der Waals surface area contributed by atoms with Crippen LogP contribution in [0.5, 0.6) is 5.75 Å². The monoisotopic (exact) mass is 324 g/mol. The number of methoxy groups -OCH3 is 1. The molecule has 0 unspecified atom stereocenters. The number of rotatable bonds is 5. The van der Waals surface area contributed by atoms with Crippen molar-refractivity contribution in [2.45, 2.75) is 19.3 Å². The predicted molar refractivity (Wildman–Crippen MR) is 98.0 cm³/mol. The summed E-state index contributed by atoms with van der Waals surface area (Å²) >= 11 is 0. The van der Waals surface area contributed by atoms with E-state index in [9.17, 15) is 4.79 Å². The number of amides is 1. The van der Waals surface area contributed by atoms with Crippen LogP contribution in [0.15, 0.2) is 48.5 Å². The number of ether oxygens (including phenoxy) is 1. The first-order valence-corrected chi connectivity index (χ1v) is 8.42. The molecule has 0 bridgehead atoms. The van der Waals surface area contributed by atoms with Crippen LogP contribution in [0.3, 0.4) is 0 Å². The molecular weight excluding hydrogens is 300 g/mol. The van der Waals surface area contributed by atoms with Crippen LogP contribution in [-0.4, -0.2) is 33.2 Å². The number of benzene rings is 2. The zero-order valence-electron chi connectivity index (χ0n) is 14.4. The highest BCUT2D eigenvalue weighted by Gasteiger charge is 2.16. The Kier molecular flexibility index (Phi) is 5.04. The molecule has 0 aliphatic carbocycles. The number of para-hydroxylation sites is 1. The van der Waals surface area contributed by atoms with E-state index < -0.39 is 0 Å². The van der Waals surface area contributed by atoms with Gasteiger partial charge in [-0.1, -0.05) is 18.2 Å². The Hall–Kier alpha value is -2.49. The van der Waals surface area contributed by atoms with Crippen LogP contribution in [0.25, 0.3) is 0 Å². The molecule has 0 saturated carbocycles. The van der Waals surface area contributed by atoms with Gasteiger partial charge in [-0.3, -0.25) is 4.79 Å². The summed E-state index contributed by atoms with van der Waals surface area (Å²) in [6.07, 6.45) is 2.85. The van der Waals surface area contributed by atoms with Crippen molar-refractivity contribution in [3.63, 3.8) is 0 Å². The molecule has 126 valence electrons. The lowest BCUT2D eigenvalue weighted by Gasteiger charge is -2.21. The van der Waals surface area contributed by atoms with Crippen molar-refractivity contribution < 1.29 is 9.53 Å². The first kappa shape index (κ1) is 16.4. The van der Waals surface area contributed by atoms with Gasteiger partial charge in [0.2, 0.25) is 5.91 Å². The lowest BCUT2D eigenvalue weighted by atomic mass is 10.1. The normalized spacial score (nSPS) is 13.8. The number of hydrogen-bond donors (Lipinski definition) is 0. The maximum absolute atomic E-state index is 12.6. The summed E-state index contributed by atoms with van der Waals surface area (Å²) in [4.78, 5) is 16.7. The molecule has 2 aromatic rings. The number of nitrogens with zero attached hydrogens (tertiary/aromatic N) is 2. The second kappa shape index (κ2) is 7.39. The van der Waals surface area contributed by atoms with E-state index in [0.29, 0.717) is 6.42 Å². The Bertz CT molecular complexity index is 691. The minimum absolute atomic E-state index is 0.0495. The molecule has 1 fully saturated rings. The van der Waals surface area contributed by atoms with Crippen LogP contribution < -0.4 is 14.5 Å². The standard InChI is InChI=1S/C20H24N2O2/c1-21(20(23)15-16-7-3-4-8-19(16)24-2)17-9-11-18(12-10-17)22-13-5-6-14-22/h3-4,7-12H,5-6,13-15H2,1-2H3. The molecule has 1 heterocycles. The molecular formula is C20H24N2O2. The van der Waals surface area contributed by atoms with Crippen molar-refractivity contribution >= 4 is 17.3 Å². The molecule has 24 heavy (non-hydrogen) atoms. The third-order valence-electron chi connectivity index (χ3n) is 4.62. The Balaban J connectivity index is 1.68. The summed E-state index contributed by atoms with van der Waals surface area (Å²) < 4.78 is 5.33. The van der Waals surface area contributed by atoms with Gasteiger partial charge in [-0.25, -0.2) is 0 Å². The molecule has 1 saturated heterocycles. The summed E-state index contributed by atoms with van der Waals surface area (Å²) in [5.41, 5.74) is 3.06. The number of hydrogen-bond acceptors (Lipinski definition) is 3. The van der Waals surface area contributed by atoms with E-state index in [1.165, 1.54) is 18.5 Å². The largest absolute Gasteiger partial charge is 0.496 e. The fourth-order valence-electron chi connectivity index (χ4n) is 3.14. The van der Waals surface area contributed by atoms with Crippen LogP contribution in [0.2, 0.25) is 0 Å². The quantitative estimate of drug-likeness (QED) is 0.844. The molecule has 4 heteroatoms. The van der Waals surface area contributed by atoms with Crippen molar-refractivity contribution in [2.24, 2.45) is 0 Å². The van der Waals surface area contributed by atoms with E-state index in [-0.39, 0.29) is 5.91 Å². The van der Waals surface area contributed by atoms with E-state index in [0.717, 1.165) is 30.1 Å². The van der Waals surface area contributed by atoms with Gasteiger partial charge in [0.15, 0.2) is 0 Å². The topological polar surface area (TPSA) is 32.8 Å². The van der Waals surface area contributed by atoms with Crippen LogP contribution in [0.1, 0.15) is 18.4 Å². The van der Waals surface area contributed by atoms with Gasteiger partial charge in [0.1, 0.15) is 5.75 Å². The predicted octanol–water partition coefficient (Wildman–Crippen LogP) is 3.50. The smallest absolute Gasteiger partial charge is 0.231 e. The molecule has 1 amide bonds. The van der Waals surface area contributed by atoms with Crippen molar-refractivity contribution in [3.8, 4) is 5.75 Å². The first-order valence-electron chi connectivity index (χ1n) is 8.42. The number of carbonyl (C=O) groups excluding carboxylic acids is 1. The van der Waals surface area contributed by atoms with Gasteiger partial charge in [0.05, 0.1) is 13.5 Å². The third-order valence-corrected chi connectivity index (χ3v) is 4.62. The number of likely N-dealkylation sites (N-methyl/N-ethyl adjacent to an activating group) is 1. The van der Waals surface area contributed by atoms with Gasteiger partial charge in [0, 0.05) is 37.1 Å². The van der Waals surface area contributed by atoms with E-state index in [4.69, 9.17) is 4.74 Å². The summed E-state index contributed by atoms with van der Waals surface area (Å²) in [6.45, 7) is 2.25. The molecule has 0 atom stereocenters. The lowest BCUT2D eigenvalue weighted by Crippen LogP contribution is -2.28. The molecule has 0 N–H and O–H groups in total. The van der Waals surface area contributed by atoms with E-state index >= 15 is 0 Å². The van der Waals surface area contributed by atoms with E-state index in [1.54, 1.807) is 12.0 Å². The van der Waals surface area contributed by atoms with Gasteiger partial charge in [0.25, 0.3) is 0 Å². The first-order chi connectivity index (χ1) is 11.7. The highest BCUT2D eigenvalue weighted by atomic mass is 16.5. The third kappa shape index (κ3) is 3.53. The van der Waals surface area contributed by atoms with Crippen LogP contribution in [0, 0.1) is 0 Å². The minimum atomic E-state index is 0.0495. The minimum Gasteiger partial charge on any atom is -0.496 e. The zero-order chi connectivity index (χ0) is 16.9. The maximum Gasteiger partial charge on any atom is 0.231 e. The van der Waals surface area contributed by atoms with E-state index in [1.807, 2.05) is 43.4 Å². The molecule has 4 nitrogen and oxygen atoms in total. The average Bonchev–Trinajstić information content (AvgIpc) is 3.16. The van der Waals surface area contributed by atoms with Crippen molar-refractivity contribution in [1.29, 1.82) is 0 Å². The molecule has 0 radical (unpaired) electrons. The Morgan fingerprint density at radius 2 is 1.75 bits per heavy atom. The molecule has 2 aromatic carbocycles.